The zero-order valence-corrected chi connectivity index (χ0v) is 21.8. The lowest BCUT2D eigenvalue weighted by Crippen LogP contribution is -2.33. The van der Waals surface area contributed by atoms with Gasteiger partial charge >= 0.3 is 0 Å². The molecule has 4 rings (SSSR count). The van der Waals surface area contributed by atoms with Gasteiger partial charge in [0.2, 0.25) is 5.78 Å². The van der Waals surface area contributed by atoms with Crippen molar-refractivity contribution in [2.75, 3.05) is 27.2 Å². The summed E-state index contributed by atoms with van der Waals surface area (Å²) >= 11 is 1.28. The van der Waals surface area contributed by atoms with Gasteiger partial charge in [-0.15, -0.1) is 11.3 Å². The zero-order valence-electron chi connectivity index (χ0n) is 21.0. The van der Waals surface area contributed by atoms with Crippen molar-refractivity contribution in [1.82, 2.24) is 14.8 Å². The molecular formula is C28H31N3O4S. The molecule has 3 aromatic rings. The van der Waals surface area contributed by atoms with Gasteiger partial charge in [-0.1, -0.05) is 42.5 Å². The lowest BCUT2D eigenvalue weighted by molar-refractivity contribution is -0.129. The van der Waals surface area contributed by atoms with Crippen molar-refractivity contribution < 1.29 is 19.4 Å². The molecule has 8 heteroatoms. The van der Waals surface area contributed by atoms with Gasteiger partial charge in [0, 0.05) is 6.54 Å². The normalized spacial score (nSPS) is 15.8. The first-order valence-electron chi connectivity index (χ1n) is 11.9. The highest BCUT2D eigenvalue weighted by atomic mass is 32.1. The highest BCUT2D eigenvalue weighted by Crippen LogP contribution is 2.40. The molecule has 1 aromatic heterocycles. The van der Waals surface area contributed by atoms with Gasteiger partial charge in [0.15, 0.2) is 5.76 Å². The highest BCUT2D eigenvalue weighted by molar-refractivity contribution is 7.14. The van der Waals surface area contributed by atoms with Gasteiger partial charge in [0.05, 0.1) is 27.2 Å². The number of benzene rings is 2. The smallest absolute Gasteiger partial charge is 0.290 e. The Hall–Kier alpha value is -3.49. The predicted octanol–water partition coefficient (Wildman–Crippen LogP) is 4.87. The SMILES string of the molecule is Cc1nc(C)c(C(=O)C2=C(O)C(=O)N(CCCN(C)C)C2c2ccc(OCc3ccccc3)cc2)s1. The Morgan fingerprint density at radius 2 is 1.81 bits per heavy atom. The Morgan fingerprint density at radius 3 is 2.42 bits per heavy atom. The summed E-state index contributed by atoms with van der Waals surface area (Å²) in [5, 5.41) is 11.6. The Labute approximate surface area is 215 Å². The number of aryl methyl sites for hydroxylation is 2. The second-order valence-corrected chi connectivity index (χ2v) is 10.3. The molecule has 1 atom stereocenters. The number of hydrogen-bond donors (Lipinski definition) is 1. The number of Topliss-reactive ketones (excluding diaryl/α,β-unsaturated/α-hetero) is 1. The summed E-state index contributed by atoms with van der Waals surface area (Å²) in [4.78, 5) is 35.2. The molecule has 0 saturated heterocycles. The maximum atomic E-state index is 13.6. The molecule has 188 valence electrons. The summed E-state index contributed by atoms with van der Waals surface area (Å²) in [5.41, 5.74) is 2.51. The number of aliphatic hydroxyl groups is 1. The minimum absolute atomic E-state index is 0.106. The van der Waals surface area contributed by atoms with E-state index in [1.165, 1.54) is 11.3 Å². The monoisotopic (exact) mass is 505 g/mol. The Morgan fingerprint density at radius 1 is 1.11 bits per heavy atom. The summed E-state index contributed by atoms with van der Waals surface area (Å²) in [5.74, 6) is -0.676. The molecule has 0 aliphatic carbocycles. The van der Waals surface area contributed by atoms with Crippen molar-refractivity contribution in [3.63, 3.8) is 0 Å². The van der Waals surface area contributed by atoms with Crippen LogP contribution in [0.4, 0.5) is 0 Å². The molecule has 0 fully saturated rings. The molecule has 1 aliphatic rings. The lowest BCUT2D eigenvalue weighted by Gasteiger charge is -2.27. The molecule has 7 nitrogen and oxygen atoms in total. The molecule has 0 radical (unpaired) electrons. The van der Waals surface area contributed by atoms with E-state index in [0.29, 0.717) is 35.9 Å². The second kappa shape index (κ2) is 11.1. The average molecular weight is 506 g/mol. The van der Waals surface area contributed by atoms with Gasteiger partial charge < -0.3 is 19.6 Å². The fraction of sp³-hybridized carbons (Fsp3) is 0.321. The number of amides is 1. The fourth-order valence-corrected chi connectivity index (χ4v) is 5.25. The van der Waals surface area contributed by atoms with Crippen LogP contribution < -0.4 is 4.74 Å². The molecule has 0 spiro atoms. The standard InChI is InChI=1S/C28H31N3O4S/c1-18-27(36-19(2)29-18)25(32)23-24(31(28(34)26(23)33)16-8-15-30(3)4)21-11-13-22(14-12-21)35-17-20-9-6-5-7-10-20/h5-7,9-14,24,33H,8,15-17H2,1-4H3. The number of ether oxygens (including phenoxy) is 1. The van der Waals surface area contributed by atoms with Gasteiger partial charge in [-0.25, -0.2) is 4.98 Å². The van der Waals surface area contributed by atoms with Crippen molar-refractivity contribution in [3.05, 3.63) is 92.6 Å². The van der Waals surface area contributed by atoms with E-state index in [0.717, 1.165) is 22.7 Å². The first-order valence-corrected chi connectivity index (χ1v) is 12.7. The molecule has 2 aromatic carbocycles. The predicted molar refractivity (Wildman–Crippen MR) is 140 cm³/mol. The molecule has 36 heavy (non-hydrogen) atoms. The first kappa shape index (κ1) is 25.6. The van der Waals surface area contributed by atoms with Crippen LogP contribution in [0.5, 0.6) is 5.75 Å². The number of carbonyl (C=O) groups excluding carboxylic acids is 2. The van der Waals surface area contributed by atoms with Crippen molar-refractivity contribution >= 4 is 23.0 Å². The van der Waals surface area contributed by atoms with E-state index < -0.39 is 17.7 Å². The van der Waals surface area contributed by atoms with Crippen LogP contribution in [-0.4, -0.2) is 58.8 Å². The number of hydrogen-bond acceptors (Lipinski definition) is 7. The van der Waals surface area contributed by atoms with Gasteiger partial charge in [-0.3, -0.25) is 9.59 Å². The second-order valence-electron chi connectivity index (χ2n) is 9.14. The van der Waals surface area contributed by atoms with Gasteiger partial charge in [0.25, 0.3) is 5.91 Å². The maximum Gasteiger partial charge on any atom is 0.290 e. The van der Waals surface area contributed by atoms with Crippen LogP contribution in [0.15, 0.2) is 65.9 Å². The summed E-state index contributed by atoms with van der Waals surface area (Å²) in [6.07, 6.45) is 0.709. The van der Waals surface area contributed by atoms with E-state index in [9.17, 15) is 14.7 Å². The van der Waals surface area contributed by atoms with Crippen molar-refractivity contribution in [1.29, 1.82) is 0 Å². The summed E-state index contributed by atoms with van der Waals surface area (Å²) in [6.45, 7) is 5.23. The van der Waals surface area contributed by atoms with E-state index in [4.69, 9.17) is 4.74 Å². The summed E-state index contributed by atoms with van der Waals surface area (Å²) in [6, 6.07) is 16.6. The quantitative estimate of drug-likeness (QED) is 0.396. The molecule has 1 unspecified atom stereocenters. The minimum atomic E-state index is -0.683. The number of carbonyl (C=O) groups is 2. The van der Waals surface area contributed by atoms with E-state index in [1.54, 1.807) is 11.8 Å². The average Bonchev–Trinajstić information content (AvgIpc) is 3.33. The molecule has 1 aliphatic heterocycles. The van der Waals surface area contributed by atoms with Crippen molar-refractivity contribution in [2.45, 2.75) is 32.9 Å². The topological polar surface area (TPSA) is 83.0 Å². The van der Waals surface area contributed by atoms with Crippen LogP contribution >= 0.6 is 11.3 Å². The number of aromatic nitrogens is 1. The number of thiazole rings is 1. The maximum absolute atomic E-state index is 13.6. The van der Waals surface area contributed by atoms with E-state index in [-0.39, 0.29) is 11.4 Å². The van der Waals surface area contributed by atoms with Gasteiger partial charge in [-0.05, 0) is 64.2 Å². The first-order chi connectivity index (χ1) is 17.3. The van der Waals surface area contributed by atoms with E-state index >= 15 is 0 Å². The van der Waals surface area contributed by atoms with E-state index in [1.807, 2.05) is 80.5 Å². The van der Waals surface area contributed by atoms with Gasteiger partial charge in [0.1, 0.15) is 12.4 Å². The number of nitrogens with zero attached hydrogens (tertiary/aromatic N) is 3. The molecule has 1 N–H and O–H groups in total. The van der Waals surface area contributed by atoms with Crippen LogP contribution in [0.1, 0.15) is 44.0 Å². The third-order valence-corrected chi connectivity index (χ3v) is 7.18. The largest absolute Gasteiger partial charge is 0.503 e. The van der Waals surface area contributed by atoms with Crippen molar-refractivity contribution in [2.24, 2.45) is 0 Å². The zero-order chi connectivity index (χ0) is 25.8. The third-order valence-electron chi connectivity index (χ3n) is 6.11. The highest BCUT2D eigenvalue weighted by Gasteiger charge is 2.44. The fourth-order valence-electron chi connectivity index (χ4n) is 4.37. The van der Waals surface area contributed by atoms with Crippen LogP contribution in [0.3, 0.4) is 0 Å². The molecule has 2 heterocycles. The Bertz CT molecular complexity index is 1270. The molecule has 0 saturated carbocycles. The number of aliphatic hydroxyl groups excluding tert-OH is 1. The number of rotatable bonds is 10. The number of ketones is 1. The van der Waals surface area contributed by atoms with Crippen LogP contribution in [0.25, 0.3) is 0 Å². The summed E-state index contributed by atoms with van der Waals surface area (Å²) in [7, 11) is 3.94. The van der Waals surface area contributed by atoms with Gasteiger partial charge in [-0.2, -0.15) is 0 Å². The van der Waals surface area contributed by atoms with Crippen molar-refractivity contribution in [3.8, 4) is 5.75 Å². The van der Waals surface area contributed by atoms with E-state index in [2.05, 4.69) is 4.98 Å². The Kier molecular flexibility index (Phi) is 7.86. The molecular weight excluding hydrogens is 474 g/mol. The lowest BCUT2D eigenvalue weighted by atomic mass is 9.95. The third kappa shape index (κ3) is 5.50. The molecule has 0 bridgehead atoms. The summed E-state index contributed by atoms with van der Waals surface area (Å²) < 4.78 is 5.91. The van der Waals surface area contributed by atoms with Crippen LogP contribution in [-0.2, 0) is 11.4 Å². The van der Waals surface area contributed by atoms with Crippen LogP contribution in [0, 0.1) is 13.8 Å². The van der Waals surface area contributed by atoms with Crippen LogP contribution in [0.2, 0.25) is 0 Å². The Balaban J connectivity index is 1.63. The molecule has 1 amide bonds. The minimum Gasteiger partial charge on any atom is -0.503 e.